The van der Waals surface area contributed by atoms with E-state index in [2.05, 4.69) is 5.32 Å². The highest BCUT2D eigenvalue weighted by Gasteiger charge is 2.13. The summed E-state index contributed by atoms with van der Waals surface area (Å²) >= 11 is 0. The van der Waals surface area contributed by atoms with Gasteiger partial charge in [0.25, 0.3) is 0 Å². The Kier molecular flexibility index (Phi) is 3.95. The van der Waals surface area contributed by atoms with Gasteiger partial charge in [0.1, 0.15) is 11.5 Å². The van der Waals surface area contributed by atoms with E-state index in [1.807, 2.05) is 13.0 Å². The zero-order valence-electron chi connectivity index (χ0n) is 8.57. The van der Waals surface area contributed by atoms with Crippen LogP contribution in [-0.2, 0) is 0 Å². The molecule has 0 bridgehead atoms. The number of nitrogens with one attached hydrogen (secondary N) is 1. The van der Waals surface area contributed by atoms with Crippen molar-refractivity contribution >= 4 is 0 Å². The van der Waals surface area contributed by atoms with Gasteiger partial charge in [-0.1, -0.05) is 6.07 Å². The highest BCUT2D eigenvalue weighted by Crippen LogP contribution is 2.31. The monoisotopic (exact) mass is 206 g/mol. The Hall–Kier alpha value is -1.73. The highest BCUT2D eigenvalue weighted by atomic mass is 16.3. The topological polar surface area (TPSA) is 76.3 Å². The van der Waals surface area contributed by atoms with Crippen molar-refractivity contribution in [2.24, 2.45) is 0 Å². The molecule has 1 atom stereocenters. The van der Waals surface area contributed by atoms with E-state index in [-0.39, 0.29) is 17.5 Å². The van der Waals surface area contributed by atoms with Gasteiger partial charge < -0.3 is 15.5 Å². The second-order valence-corrected chi connectivity index (χ2v) is 3.29. The van der Waals surface area contributed by atoms with E-state index in [0.717, 1.165) is 0 Å². The fraction of sp³-hybridized carbons (Fsp3) is 0.364. The van der Waals surface area contributed by atoms with Crippen LogP contribution in [0.1, 0.15) is 24.9 Å². The van der Waals surface area contributed by atoms with Crippen LogP contribution in [0, 0.1) is 11.3 Å². The van der Waals surface area contributed by atoms with Crippen LogP contribution in [0.4, 0.5) is 0 Å². The number of phenolic OH excluding ortho intramolecular Hbond substituents is 2. The lowest BCUT2D eigenvalue weighted by molar-refractivity contribution is 0.420. The molecule has 1 aromatic carbocycles. The maximum Gasteiger partial charge on any atom is 0.124 e. The molecule has 15 heavy (non-hydrogen) atoms. The van der Waals surface area contributed by atoms with Gasteiger partial charge in [-0.25, -0.2) is 0 Å². The number of hydrogen-bond donors (Lipinski definition) is 3. The van der Waals surface area contributed by atoms with Crippen LogP contribution in [0.15, 0.2) is 18.2 Å². The van der Waals surface area contributed by atoms with Gasteiger partial charge in [-0.2, -0.15) is 5.26 Å². The van der Waals surface area contributed by atoms with Gasteiger partial charge in [-0.3, -0.25) is 0 Å². The Bertz CT molecular complexity index is 351. The first-order valence-electron chi connectivity index (χ1n) is 4.78. The van der Waals surface area contributed by atoms with Crippen LogP contribution < -0.4 is 5.32 Å². The van der Waals surface area contributed by atoms with Crippen molar-refractivity contribution in [2.75, 3.05) is 6.54 Å². The molecule has 0 radical (unpaired) electrons. The zero-order chi connectivity index (χ0) is 11.3. The van der Waals surface area contributed by atoms with Gasteiger partial charge in [-0.15, -0.1) is 0 Å². The van der Waals surface area contributed by atoms with Crippen LogP contribution in [-0.4, -0.2) is 16.8 Å². The van der Waals surface area contributed by atoms with Crippen molar-refractivity contribution in [1.82, 2.24) is 5.32 Å². The van der Waals surface area contributed by atoms with Gasteiger partial charge in [0.2, 0.25) is 0 Å². The van der Waals surface area contributed by atoms with E-state index >= 15 is 0 Å². The average Bonchev–Trinajstić information content (AvgIpc) is 2.18. The molecule has 3 N–H and O–H groups in total. The van der Waals surface area contributed by atoms with E-state index in [4.69, 9.17) is 5.26 Å². The molecular weight excluding hydrogens is 192 g/mol. The summed E-state index contributed by atoms with van der Waals surface area (Å²) in [7, 11) is 0. The van der Waals surface area contributed by atoms with Gasteiger partial charge in [-0.05, 0) is 19.1 Å². The molecule has 1 aromatic rings. The normalized spacial score (nSPS) is 12.0. The third kappa shape index (κ3) is 2.86. The van der Waals surface area contributed by atoms with Gasteiger partial charge >= 0.3 is 0 Å². The molecule has 1 rings (SSSR count). The number of hydrogen-bond acceptors (Lipinski definition) is 4. The number of nitriles is 1. The lowest BCUT2D eigenvalue weighted by Gasteiger charge is -2.15. The van der Waals surface area contributed by atoms with Crippen molar-refractivity contribution in [3.63, 3.8) is 0 Å². The van der Waals surface area contributed by atoms with E-state index in [1.165, 1.54) is 12.1 Å². The fourth-order valence-corrected chi connectivity index (χ4v) is 1.43. The number of rotatable bonds is 4. The smallest absolute Gasteiger partial charge is 0.124 e. The molecule has 0 saturated heterocycles. The standard InChI is InChI=1S/C11H14N2O2/c1-8(13-7-3-6-12)11-9(14)4-2-5-10(11)15/h2,4-5,8,13-15H,3,7H2,1H3. The van der Waals surface area contributed by atoms with E-state index < -0.39 is 0 Å². The van der Waals surface area contributed by atoms with E-state index in [9.17, 15) is 10.2 Å². The summed E-state index contributed by atoms with van der Waals surface area (Å²) in [6.45, 7) is 2.36. The summed E-state index contributed by atoms with van der Waals surface area (Å²) < 4.78 is 0. The third-order valence-electron chi connectivity index (χ3n) is 2.18. The fourth-order valence-electron chi connectivity index (χ4n) is 1.43. The lowest BCUT2D eigenvalue weighted by Crippen LogP contribution is -2.19. The number of nitrogens with zero attached hydrogens (tertiary/aromatic N) is 1. The number of aromatic hydroxyl groups is 2. The molecule has 0 aromatic heterocycles. The Morgan fingerprint density at radius 2 is 2.00 bits per heavy atom. The molecule has 0 aliphatic heterocycles. The molecule has 4 heteroatoms. The molecule has 0 saturated carbocycles. The first-order valence-corrected chi connectivity index (χ1v) is 4.78. The minimum absolute atomic E-state index is 0.0620. The highest BCUT2D eigenvalue weighted by molar-refractivity contribution is 5.44. The van der Waals surface area contributed by atoms with E-state index in [0.29, 0.717) is 18.5 Å². The minimum Gasteiger partial charge on any atom is -0.507 e. The molecule has 0 aliphatic carbocycles. The summed E-state index contributed by atoms with van der Waals surface area (Å²) in [5.41, 5.74) is 0.468. The van der Waals surface area contributed by atoms with Crippen LogP contribution in [0.5, 0.6) is 11.5 Å². The van der Waals surface area contributed by atoms with Crippen LogP contribution in [0.3, 0.4) is 0 Å². The maximum atomic E-state index is 9.55. The maximum absolute atomic E-state index is 9.55. The van der Waals surface area contributed by atoms with Crippen molar-refractivity contribution in [3.05, 3.63) is 23.8 Å². The van der Waals surface area contributed by atoms with Gasteiger partial charge in [0.15, 0.2) is 0 Å². The largest absolute Gasteiger partial charge is 0.507 e. The molecule has 1 unspecified atom stereocenters. The summed E-state index contributed by atoms with van der Waals surface area (Å²) in [5, 5.41) is 30.5. The molecule has 0 aliphatic rings. The summed E-state index contributed by atoms with van der Waals surface area (Å²) in [5.74, 6) is 0.124. The minimum atomic E-state index is -0.181. The Morgan fingerprint density at radius 3 is 2.53 bits per heavy atom. The molecule has 0 amide bonds. The zero-order valence-corrected chi connectivity index (χ0v) is 8.57. The lowest BCUT2D eigenvalue weighted by atomic mass is 10.1. The van der Waals surface area contributed by atoms with Crippen LogP contribution in [0.2, 0.25) is 0 Å². The number of benzene rings is 1. The first-order chi connectivity index (χ1) is 7.16. The quantitative estimate of drug-likeness (QED) is 0.655. The Balaban J connectivity index is 2.73. The van der Waals surface area contributed by atoms with Crippen LogP contribution in [0.25, 0.3) is 0 Å². The van der Waals surface area contributed by atoms with Gasteiger partial charge in [0, 0.05) is 19.0 Å². The Labute approximate surface area is 88.8 Å². The molecule has 0 heterocycles. The number of phenols is 2. The van der Waals surface area contributed by atoms with Crippen molar-refractivity contribution < 1.29 is 10.2 Å². The van der Waals surface area contributed by atoms with Crippen molar-refractivity contribution in [1.29, 1.82) is 5.26 Å². The third-order valence-corrected chi connectivity index (χ3v) is 2.18. The Morgan fingerprint density at radius 1 is 1.40 bits per heavy atom. The second kappa shape index (κ2) is 5.23. The predicted octanol–water partition coefficient (Wildman–Crippen LogP) is 1.66. The SMILES string of the molecule is CC(NCCC#N)c1c(O)cccc1O. The van der Waals surface area contributed by atoms with E-state index in [1.54, 1.807) is 6.07 Å². The van der Waals surface area contributed by atoms with Crippen molar-refractivity contribution in [2.45, 2.75) is 19.4 Å². The predicted molar refractivity (Wildman–Crippen MR) is 56.4 cm³/mol. The summed E-state index contributed by atoms with van der Waals surface area (Å²) in [4.78, 5) is 0. The van der Waals surface area contributed by atoms with Crippen LogP contribution >= 0.6 is 0 Å². The van der Waals surface area contributed by atoms with Crippen molar-refractivity contribution in [3.8, 4) is 17.6 Å². The second-order valence-electron chi connectivity index (χ2n) is 3.29. The summed E-state index contributed by atoms with van der Waals surface area (Å²) in [6.07, 6.45) is 0.401. The molecule has 80 valence electrons. The average molecular weight is 206 g/mol. The molecule has 0 spiro atoms. The molecular formula is C11H14N2O2. The van der Waals surface area contributed by atoms with Gasteiger partial charge in [0.05, 0.1) is 11.6 Å². The summed E-state index contributed by atoms with van der Waals surface area (Å²) in [6, 6.07) is 6.47. The first kappa shape index (κ1) is 11.3. The molecule has 0 fully saturated rings. The molecule has 4 nitrogen and oxygen atoms in total.